The van der Waals surface area contributed by atoms with E-state index in [1.165, 1.54) is 17.4 Å². The zero-order chi connectivity index (χ0) is 31.1. The number of Topliss-reactive ketones (excluding diaryl/α,β-unsaturated/α-hetero) is 1. The number of nitrogens with zero attached hydrogens (tertiary/aromatic N) is 3. The van der Waals surface area contributed by atoms with E-state index >= 15 is 0 Å². The molecule has 3 N–H and O–H groups in total. The number of para-hydroxylation sites is 1. The van der Waals surface area contributed by atoms with Crippen molar-refractivity contribution in [3.63, 3.8) is 0 Å². The van der Waals surface area contributed by atoms with Gasteiger partial charge >= 0.3 is 5.97 Å². The van der Waals surface area contributed by atoms with Gasteiger partial charge in [-0.15, -0.1) is 6.58 Å². The zero-order valence-electron chi connectivity index (χ0n) is 24.7. The van der Waals surface area contributed by atoms with Crippen LogP contribution in [0.15, 0.2) is 95.0 Å². The number of hydrazine groups is 1. The molecule has 2 aliphatic rings. The first-order valence-corrected chi connectivity index (χ1v) is 14.1. The Hall–Kier alpha value is -4.99. The average molecular weight is 582 g/mol. The van der Waals surface area contributed by atoms with Crippen molar-refractivity contribution in [2.75, 3.05) is 0 Å². The smallest absolute Gasteiger partial charge is 0.338 e. The highest BCUT2D eigenvalue weighted by atomic mass is 16.5. The number of hydrogen-bond donors (Lipinski definition) is 2. The van der Waals surface area contributed by atoms with Gasteiger partial charge < -0.3 is 15.0 Å². The molecule has 0 saturated heterocycles. The monoisotopic (exact) mass is 581 g/mol. The molecule has 1 aromatic carbocycles. The molecule has 1 atom stereocenters. The molecule has 1 aliphatic heterocycles. The SMILES string of the molecule is C=CCn1c(=O)c(C2C(C(=O)OC(C)C)=C(N)N(NC(=O)c3ccncc3)C3=C2C(=O)CC(C)(C)C3)cc2ccccc21. The summed E-state index contributed by atoms with van der Waals surface area (Å²) in [6.07, 6.45) is 4.60. The van der Waals surface area contributed by atoms with Gasteiger partial charge in [0.05, 0.1) is 28.8 Å². The Balaban J connectivity index is 1.80. The first-order valence-electron chi connectivity index (χ1n) is 14.1. The van der Waals surface area contributed by atoms with Crippen LogP contribution in [0.25, 0.3) is 10.9 Å². The molecule has 0 fully saturated rings. The minimum Gasteiger partial charge on any atom is -0.459 e. The largest absolute Gasteiger partial charge is 0.459 e. The fourth-order valence-corrected chi connectivity index (χ4v) is 5.86. The number of allylic oxidation sites excluding steroid dienone is 3. The molecule has 0 saturated carbocycles. The maximum Gasteiger partial charge on any atom is 0.338 e. The Bertz CT molecular complexity index is 1770. The number of nitrogens with two attached hydrogens (primary N) is 1. The van der Waals surface area contributed by atoms with Gasteiger partial charge in [0.25, 0.3) is 11.5 Å². The maximum atomic E-state index is 14.2. The third kappa shape index (κ3) is 5.48. The molecule has 1 amide bonds. The topological polar surface area (TPSA) is 137 Å². The Kier molecular flexibility index (Phi) is 7.79. The number of aromatic nitrogens is 2. The van der Waals surface area contributed by atoms with Crippen LogP contribution in [0.1, 0.15) is 62.4 Å². The molecule has 1 aliphatic carbocycles. The summed E-state index contributed by atoms with van der Waals surface area (Å²) in [6, 6.07) is 12.2. The number of benzene rings is 1. The summed E-state index contributed by atoms with van der Waals surface area (Å²) < 4.78 is 7.19. The minimum absolute atomic E-state index is 0.0898. The Morgan fingerprint density at radius 3 is 2.53 bits per heavy atom. The maximum absolute atomic E-state index is 14.2. The number of fused-ring (bicyclic) bond motifs is 1. The van der Waals surface area contributed by atoms with E-state index in [0.29, 0.717) is 23.2 Å². The van der Waals surface area contributed by atoms with Gasteiger partial charge in [0, 0.05) is 42.1 Å². The van der Waals surface area contributed by atoms with Gasteiger partial charge in [0.2, 0.25) is 0 Å². The summed E-state index contributed by atoms with van der Waals surface area (Å²) in [6.45, 7) is 11.3. The molecule has 0 spiro atoms. The lowest BCUT2D eigenvalue weighted by Crippen LogP contribution is -2.51. The van der Waals surface area contributed by atoms with Crippen LogP contribution in [0.2, 0.25) is 0 Å². The summed E-state index contributed by atoms with van der Waals surface area (Å²) in [4.78, 5) is 59.4. The summed E-state index contributed by atoms with van der Waals surface area (Å²) >= 11 is 0. The number of ether oxygens (including phenoxy) is 1. The number of hydrogen-bond acceptors (Lipinski definition) is 8. The van der Waals surface area contributed by atoms with Crippen molar-refractivity contribution in [2.45, 2.75) is 59.1 Å². The van der Waals surface area contributed by atoms with Crippen LogP contribution >= 0.6 is 0 Å². The Labute approximate surface area is 249 Å². The van der Waals surface area contributed by atoms with E-state index < -0.39 is 29.3 Å². The second-order valence-corrected chi connectivity index (χ2v) is 11.9. The van der Waals surface area contributed by atoms with E-state index in [9.17, 15) is 19.2 Å². The highest BCUT2D eigenvalue weighted by molar-refractivity contribution is 6.04. The zero-order valence-corrected chi connectivity index (χ0v) is 24.7. The molecule has 0 radical (unpaired) electrons. The van der Waals surface area contributed by atoms with Gasteiger partial charge in [-0.1, -0.05) is 38.1 Å². The van der Waals surface area contributed by atoms with Crippen molar-refractivity contribution in [1.82, 2.24) is 20.0 Å². The number of carbonyl (C=O) groups is 3. The molecular weight excluding hydrogens is 546 g/mol. The molecule has 10 nitrogen and oxygen atoms in total. The van der Waals surface area contributed by atoms with Crippen molar-refractivity contribution in [3.05, 3.63) is 112 Å². The molecule has 222 valence electrons. The first-order chi connectivity index (χ1) is 20.4. The second kappa shape index (κ2) is 11.4. The standard InChI is InChI=1S/C33H35N5O5/c1-6-15-37-23-10-8-7-9-21(23)16-22(31(37)41)26-27-24(17-33(4,5)18-25(27)39)38(29(34)28(26)32(42)43-19(2)3)36-30(40)20-11-13-35-14-12-20/h6-14,16,19,26H,1,15,17-18,34H2,2-5H3,(H,36,40). The van der Waals surface area contributed by atoms with E-state index in [4.69, 9.17) is 10.5 Å². The number of amides is 1. The van der Waals surface area contributed by atoms with E-state index in [1.54, 1.807) is 42.7 Å². The van der Waals surface area contributed by atoms with Gasteiger partial charge in [-0.25, -0.2) is 9.80 Å². The number of pyridine rings is 2. The van der Waals surface area contributed by atoms with Gasteiger partial charge in [0.15, 0.2) is 5.78 Å². The van der Waals surface area contributed by atoms with Crippen LogP contribution in [-0.2, 0) is 20.9 Å². The lowest BCUT2D eigenvalue weighted by Gasteiger charge is -2.44. The number of nitrogens with one attached hydrogen (secondary N) is 1. The van der Waals surface area contributed by atoms with Gasteiger partial charge in [-0.3, -0.25) is 24.8 Å². The minimum atomic E-state index is -1.12. The molecule has 2 aromatic heterocycles. The highest BCUT2D eigenvalue weighted by Gasteiger charge is 2.48. The highest BCUT2D eigenvalue weighted by Crippen LogP contribution is 2.48. The normalized spacial score (nSPS) is 18.1. The fourth-order valence-electron chi connectivity index (χ4n) is 5.86. The van der Waals surface area contributed by atoms with Gasteiger partial charge in [-0.2, -0.15) is 0 Å². The first kappa shape index (κ1) is 29.5. The summed E-state index contributed by atoms with van der Waals surface area (Å²) in [5.74, 6) is -2.78. The number of ketones is 1. The van der Waals surface area contributed by atoms with E-state index in [2.05, 4.69) is 17.0 Å². The van der Waals surface area contributed by atoms with Crippen LogP contribution in [-0.4, -0.2) is 38.3 Å². The molecule has 1 unspecified atom stereocenters. The van der Waals surface area contributed by atoms with E-state index in [-0.39, 0.29) is 46.8 Å². The summed E-state index contributed by atoms with van der Waals surface area (Å²) in [5.41, 5.74) is 10.5. The molecular formula is C33H35N5O5. The van der Waals surface area contributed by atoms with Crippen LogP contribution in [0.3, 0.4) is 0 Å². The molecule has 0 bridgehead atoms. The number of rotatable bonds is 7. The van der Waals surface area contributed by atoms with Crippen molar-refractivity contribution in [3.8, 4) is 0 Å². The number of carbonyl (C=O) groups excluding carboxylic acids is 3. The quantitative estimate of drug-likeness (QED) is 0.315. The molecule has 5 rings (SSSR count). The average Bonchev–Trinajstić information content (AvgIpc) is 2.95. The molecule has 3 aromatic rings. The lowest BCUT2D eigenvalue weighted by molar-refractivity contribution is -0.143. The predicted molar refractivity (Wildman–Crippen MR) is 162 cm³/mol. The van der Waals surface area contributed by atoms with Crippen LogP contribution < -0.4 is 16.7 Å². The van der Waals surface area contributed by atoms with Crippen LogP contribution in [0.4, 0.5) is 0 Å². The Morgan fingerprint density at radius 2 is 1.86 bits per heavy atom. The lowest BCUT2D eigenvalue weighted by atomic mass is 9.69. The Morgan fingerprint density at radius 1 is 1.16 bits per heavy atom. The summed E-state index contributed by atoms with van der Waals surface area (Å²) in [5, 5.41) is 2.06. The van der Waals surface area contributed by atoms with E-state index in [1.807, 2.05) is 38.1 Å². The van der Waals surface area contributed by atoms with Crippen LogP contribution in [0.5, 0.6) is 0 Å². The van der Waals surface area contributed by atoms with Gasteiger partial charge in [0.1, 0.15) is 5.82 Å². The van der Waals surface area contributed by atoms with Crippen molar-refractivity contribution in [2.24, 2.45) is 11.1 Å². The van der Waals surface area contributed by atoms with Crippen LogP contribution in [0, 0.1) is 5.41 Å². The third-order valence-electron chi connectivity index (χ3n) is 7.63. The third-order valence-corrected chi connectivity index (χ3v) is 7.63. The van der Waals surface area contributed by atoms with Crippen molar-refractivity contribution < 1.29 is 19.1 Å². The van der Waals surface area contributed by atoms with E-state index in [0.717, 1.165) is 5.39 Å². The molecule has 10 heteroatoms. The summed E-state index contributed by atoms with van der Waals surface area (Å²) in [7, 11) is 0. The molecule has 43 heavy (non-hydrogen) atoms. The molecule has 3 heterocycles. The predicted octanol–water partition coefficient (Wildman–Crippen LogP) is 4.09. The second-order valence-electron chi connectivity index (χ2n) is 11.9. The van der Waals surface area contributed by atoms with Gasteiger partial charge in [-0.05, 0) is 55.3 Å². The number of esters is 1. The van der Waals surface area contributed by atoms with Crippen molar-refractivity contribution in [1.29, 1.82) is 0 Å². The fraction of sp³-hybridized carbons (Fsp3) is 0.303. The van der Waals surface area contributed by atoms with Crippen molar-refractivity contribution >= 4 is 28.6 Å².